The van der Waals surface area contributed by atoms with E-state index in [1.54, 1.807) is 6.20 Å². The van der Waals surface area contributed by atoms with Gasteiger partial charge in [-0.1, -0.05) is 6.58 Å². The van der Waals surface area contributed by atoms with Crippen molar-refractivity contribution in [1.29, 1.82) is 0 Å². The second-order valence-electron chi connectivity index (χ2n) is 4.21. The average Bonchev–Trinajstić information content (AvgIpc) is 1.97. The second-order valence-corrected chi connectivity index (χ2v) is 4.21. The van der Waals surface area contributed by atoms with Crippen LogP contribution in [0.2, 0.25) is 0 Å². The summed E-state index contributed by atoms with van der Waals surface area (Å²) in [6.07, 6.45) is 4.35. The summed E-state index contributed by atoms with van der Waals surface area (Å²) in [7, 11) is 0. The maximum atomic E-state index is 5.22. The topological polar surface area (TPSA) is 33.3 Å². The number of nitrogens with one attached hydrogen (secondary N) is 2. The molecule has 1 saturated carbocycles. The molecule has 2 N–H and O–H groups in total. The molecule has 3 nitrogen and oxygen atoms in total. The molecule has 2 aliphatic rings. The molecule has 1 aliphatic heterocycles. The first-order valence-electron chi connectivity index (χ1n) is 5.00. The molecule has 13 heavy (non-hydrogen) atoms. The first-order chi connectivity index (χ1) is 6.35. The summed E-state index contributed by atoms with van der Waals surface area (Å²) in [5.74, 6) is 0. The standard InChI is InChI=1S/C10H18N2O/c1-2-11-3-4-12-9-5-10(6-9)7-13-8-10/h2,9,11-12H,1,3-8H2. The zero-order valence-corrected chi connectivity index (χ0v) is 8.01. The Hall–Kier alpha value is -0.540. The lowest BCUT2D eigenvalue weighted by atomic mass is 9.64. The fourth-order valence-electron chi connectivity index (χ4n) is 2.21. The quantitative estimate of drug-likeness (QED) is 0.607. The molecule has 3 heteroatoms. The van der Waals surface area contributed by atoms with E-state index in [0.717, 1.165) is 32.3 Å². The van der Waals surface area contributed by atoms with Gasteiger partial charge in [-0.05, 0) is 19.0 Å². The van der Waals surface area contributed by atoms with Crippen LogP contribution < -0.4 is 10.6 Å². The minimum atomic E-state index is 0.587. The first kappa shape index (κ1) is 9.03. The molecule has 0 amide bonds. The van der Waals surface area contributed by atoms with Crippen molar-refractivity contribution in [3.63, 3.8) is 0 Å². The zero-order chi connectivity index (χ0) is 9.15. The van der Waals surface area contributed by atoms with Crippen molar-refractivity contribution in [3.05, 3.63) is 12.8 Å². The van der Waals surface area contributed by atoms with Crippen LogP contribution in [-0.4, -0.2) is 32.3 Å². The van der Waals surface area contributed by atoms with Gasteiger partial charge in [0.2, 0.25) is 0 Å². The van der Waals surface area contributed by atoms with Crippen LogP contribution in [0.5, 0.6) is 0 Å². The van der Waals surface area contributed by atoms with E-state index < -0.39 is 0 Å². The van der Waals surface area contributed by atoms with Gasteiger partial charge in [-0.25, -0.2) is 0 Å². The van der Waals surface area contributed by atoms with Crippen molar-refractivity contribution >= 4 is 0 Å². The average molecular weight is 182 g/mol. The Labute approximate surface area is 79.5 Å². The zero-order valence-electron chi connectivity index (χ0n) is 8.01. The van der Waals surface area contributed by atoms with Gasteiger partial charge in [0.15, 0.2) is 0 Å². The van der Waals surface area contributed by atoms with E-state index in [2.05, 4.69) is 17.2 Å². The highest BCUT2D eigenvalue weighted by Gasteiger charge is 2.49. The van der Waals surface area contributed by atoms with Gasteiger partial charge in [0.1, 0.15) is 0 Å². The molecule has 0 aromatic heterocycles. The van der Waals surface area contributed by atoms with Crippen LogP contribution in [0, 0.1) is 5.41 Å². The molecule has 0 unspecified atom stereocenters. The molecular formula is C10H18N2O. The highest BCUT2D eigenvalue weighted by molar-refractivity contribution is 5.01. The summed E-state index contributed by atoms with van der Waals surface area (Å²) in [4.78, 5) is 0. The van der Waals surface area contributed by atoms with Gasteiger partial charge in [0.05, 0.1) is 13.2 Å². The van der Waals surface area contributed by atoms with Gasteiger partial charge in [-0.2, -0.15) is 0 Å². The second kappa shape index (κ2) is 3.68. The molecule has 1 saturated heterocycles. The van der Waals surface area contributed by atoms with Gasteiger partial charge in [-0.15, -0.1) is 0 Å². The van der Waals surface area contributed by atoms with Crippen LogP contribution in [0.4, 0.5) is 0 Å². The molecular weight excluding hydrogens is 164 g/mol. The third-order valence-electron chi connectivity index (χ3n) is 3.02. The Morgan fingerprint density at radius 2 is 2.15 bits per heavy atom. The number of hydrogen-bond donors (Lipinski definition) is 2. The summed E-state index contributed by atoms with van der Waals surface area (Å²) in [5.41, 5.74) is 0.587. The van der Waals surface area contributed by atoms with Crippen molar-refractivity contribution in [1.82, 2.24) is 10.6 Å². The largest absolute Gasteiger partial charge is 0.390 e. The van der Waals surface area contributed by atoms with E-state index in [9.17, 15) is 0 Å². The minimum absolute atomic E-state index is 0.587. The maximum absolute atomic E-state index is 5.22. The van der Waals surface area contributed by atoms with E-state index in [1.165, 1.54) is 12.8 Å². The van der Waals surface area contributed by atoms with Crippen LogP contribution in [0.15, 0.2) is 12.8 Å². The van der Waals surface area contributed by atoms with E-state index in [-0.39, 0.29) is 0 Å². The number of hydrogen-bond acceptors (Lipinski definition) is 3. The van der Waals surface area contributed by atoms with Crippen LogP contribution in [0.25, 0.3) is 0 Å². The molecule has 0 aromatic carbocycles. The lowest BCUT2D eigenvalue weighted by molar-refractivity contribution is -0.167. The normalized spacial score (nSPS) is 24.9. The fourth-order valence-corrected chi connectivity index (χ4v) is 2.21. The SMILES string of the molecule is C=CNCCNC1CC2(COC2)C1. The lowest BCUT2D eigenvalue weighted by Gasteiger charge is -2.53. The van der Waals surface area contributed by atoms with Crippen LogP contribution in [-0.2, 0) is 4.74 Å². The van der Waals surface area contributed by atoms with E-state index >= 15 is 0 Å². The van der Waals surface area contributed by atoms with E-state index in [4.69, 9.17) is 4.74 Å². The van der Waals surface area contributed by atoms with Crippen molar-refractivity contribution < 1.29 is 4.74 Å². The predicted octanol–water partition coefficient (Wildman–Crippen LogP) is 0.488. The van der Waals surface area contributed by atoms with Crippen LogP contribution in [0.3, 0.4) is 0 Å². The summed E-state index contributed by atoms with van der Waals surface area (Å²) in [5, 5.41) is 6.59. The molecule has 0 aromatic rings. The van der Waals surface area contributed by atoms with Gasteiger partial charge in [0, 0.05) is 24.5 Å². The molecule has 0 radical (unpaired) electrons. The van der Waals surface area contributed by atoms with Gasteiger partial charge >= 0.3 is 0 Å². The van der Waals surface area contributed by atoms with Crippen molar-refractivity contribution in [2.75, 3.05) is 26.3 Å². The maximum Gasteiger partial charge on any atom is 0.0545 e. The van der Waals surface area contributed by atoms with Crippen molar-refractivity contribution in [2.45, 2.75) is 18.9 Å². The van der Waals surface area contributed by atoms with Crippen LogP contribution >= 0.6 is 0 Å². The smallest absolute Gasteiger partial charge is 0.0545 e. The Kier molecular flexibility index (Phi) is 2.56. The Balaban J connectivity index is 1.51. The number of ether oxygens (including phenoxy) is 1. The third kappa shape index (κ3) is 1.86. The van der Waals surface area contributed by atoms with Gasteiger partial charge in [0.25, 0.3) is 0 Å². The van der Waals surface area contributed by atoms with Gasteiger partial charge < -0.3 is 15.4 Å². The monoisotopic (exact) mass is 182 g/mol. The molecule has 74 valence electrons. The Morgan fingerprint density at radius 1 is 1.38 bits per heavy atom. The third-order valence-corrected chi connectivity index (χ3v) is 3.02. The molecule has 0 atom stereocenters. The summed E-state index contributed by atoms with van der Waals surface area (Å²) >= 11 is 0. The predicted molar refractivity (Wildman–Crippen MR) is 52.5 cm³/mol. The minimum Gasteiger partial charge on any atom is -0.390 e. The molecule has 1 aliphatic carbocycles. The summed E-state index contributed by atoms with van der Waals surface area (Å²) in [6.45, 7) is 7.60. The van der Waals surface area contributed by atoms with Crippen molar-refractivity contribution in [2.24, 2.45) is 5.41 Å². The molecule has 2 rings (SSSR count). The highest BCUT2D eigenvalue weighted by Crippen LogP contribution is 2.46. The lowest BCUT2D eigenvalue weighted by Crippen LogP contribution is -2.59. The van der Waals surface area contributed by atoms with E-state index in [1.807, 2.05) is 0 Å². The Morgan fingerprint density at radius 3 is 2.69 bits per heavy atom. The highest BCUT2D eigenvalue weighted by atomic mass is 16.5. The summed E-state index contributed by atoms with van der Waals surface area (Å²) in [6, 6.07) is 0.732. The first-order valence-corrected chi connectivity index (χ1v) is 5.00. The number of rotatable bonds is 5. The molecule has 1 spiro atoms. The Bertz CT molecular complexity index is 181. The molecule has 1 heterocycles. The summed E-state index contributed by atoms with van der Waals surface area (Å²) < 4.78 is 5.22. The van der Waals surface area contributed by atoms with Gasteiger partial charge in [-0.3, -0.25) is 0 Å². The molecule has 2 fully saturated rings. The van der Waals surface area contributed by atoms with E-state index in [0.29, 0.717) is 5.41 Å². The fraction of sp³-hybridized carbons (Fsp3) is 0.800. The molecule has 0 bridgehead atoms. The van der Waals surface area contributed by atoms with Crippen molar-refractivity contribution in [3.8, 4) is 0 Å². The van der Waals surface area contributed by atoms with Crippen LogP contribution in [0.1, 0.15) is 12.8 Å².